The van der Waals surface area contributed by atoms with Gasteiger partial charge in [0.15, 0.2) is 22.4 Å². The minimum absolute atomic E-state index is 0.0595. The van der Waals surface area contributed by atoms with Crippen molar-refractivity contribution in [2.45, 2.75) is 23.9 Å². The van der Waals surface area contributed by atoms with Crippen LogP contribution in [0, 0.1) is 0 Å². The van der Waals surface area contributed by atoms with Gasteiger partial charge in [-0.25, -0.2) is 4.98 Å². The second-order valence-corrected chi connectivity index (χ2v) is 9.89. The number of aromatic nitrogens is 2. The van der Waals surface area contributed by atoms with Crippen LogP contribution in [0.25, 0.3) is 15.9 Å². The number of ether oxygens (including phenoxy) is 2. The average molecular weight is 477 g/mol. The Hall–Kier alpha value is -3.10. The van der Waals surface area contributed by atoms with E-state index < -0.39 is 0 Å². The SMILES string of the molecule is O=C(CSc1nc2scc(C3CC3)c2c(=O)n1-c1ccccc1)c1ccc2c(c1)OCCO2. The number of hydrogen-bond donors (Lipinski definition) is 0. The van der Waals surface area contributed by atoms with E-state index in [1.54, 1.807) is 22.8 Å². The summed E-state index contributed by atoms with van der Waals surface area (Å²) in [5.74, 6) is 1.80. The van der Waals surface area contributed by atoms with Crippen molar-refractivity contribution >= 4 is 39.1 Å². The molecule has 0 radical (unpaired) electrons. The van der Waals surface area contributed by atoms with Gasteiger partial charge in [-0.1, -0.05) is 30.0 Å². The molecular weight excluding hydrogens is 456 g/mol. The number of Topliss-reactive ketones (excluding diaryl/α,β-unsaturated/α-hetero) is 1. The lowest BCUT2D eigenvalue weighted by atomic mass is 10.1. The van der Waals surface area contributed by atoms with E-state index in [-0.39, 0.29) is 17.1 Å². The van der Waals surface area contributed by atoms with Gasteiger partial charge in [0.1, 0.15) is 18.0 Å². The monoisotopic (exact) mass is 476 g/mol. The molecule has 1 saturated carbocycles. The maximum atomic E-state index is 13.6. The molecule has 33 heavy (non-hydrogen) atoms. The molecule has 166 valence electrons. The number of nitrogens with zero attached hydrogens (tertiary/aromatic N) is 2. The number of para-hydroxylation sites is 1. The van der Waals surface area contributed by atoms with E-state index in [4.69, 9.17) is 14.5 Å². The van der Waals surface area contributed by atoms with E-state index >= 15 is 0 Å². The zero-order valence-electron chi connectivity index (χ0n) is 17.7. The predicted octanol–water partition coefficient (Wildman–Crippen LogP) is 5.07. The molecule has 1 aliphatic heterocycles. The molecule has 6 rings (SSSR count). The Kier molecular flexibility index (Phi) is 5.19. The van der Waals surface area contributed by atoms with Crippen LogP contribution in [0.1, 0.15) is 34.7 Å². The fourth-order valence-electron chi connectivity index (χ4n) is 4.02. The highest BCUT2D eigenvalue weighted by atomic mass is 32.2. The van der Waals surface area contributed by atoms with Crippen molar-refractivity contribution < 1.29 is 14.3 Å². The maximum absolute atomic E-state index is 13.6. The molecule has 8 heteroatoms. The van der Waals surface area contributed by atoms with Crippen LogP contribution in [0.3, 0.4) is 0 Å². The van der Waals surface area contributed by atoms with Crippen LogP contribution in [-0.2, 0) is 0 Å². The van der Waals surface area contributed by atoms with Crippen molar-refractivity contribution in [2.24, 2.45) is 0 Å². The summed E-state index contributed by atoms with van der Waals surface area (Å²) in [6.07, 6.45) is 2.24. The first-order chi connectivity index (χ1) is 16.2. The number of ketones is 1. The molecule has 2 aliphatic rings. The summed E-state index contributed by atoms with van der Waals surface area (Å²) in [6.45, 7) is 0.975. The minimum Gasteiger partial charge on any atom is -0.486 e. The normalized spacial score (nSPS) is 15.0. The summed E-state index contributed by atoms with van der Waals surface area (Å²) < 4.78 is 12.8. The van der Waals surface area contributed by atoms with Crippen LogP contribution < -0.4 is 15.0 Å². The number of fused-ring (bicyclic) bond motifs is 2. The van der Waals surface area contributed by atoms with E-state index in [0.29, 0.717) is 46.7 Å². The zero-order valence-corrected chi connectivity index (χ0v) is 19.3. The molecule has 0 N–H and O–H groups in total. The van der Waals surface area contributed by atoms with Gasteiger partial charge in [0.25, 0.3) is 5.56 Å². The quantitative estimate of drug-likeness (QED) is 0.220. The lowest BCUT2D eigenvalue weighted by Crippen LogP contribution is -2.22. The molecule has 0 saturated heterocycles. The summed E-state index contributed by atoms with van der Waals surface area (Å²) >= 11 is 2.79. The van der Waals surface area contributed by atoms with Crippen LogP contribution in [-0.4, -0.2) is 34.3 Å². The molecule has 0 atom stereocenters. The molecule has 2 aromatic carbocycles. The summed E-state index contributed by atoms with van der Waals surface area (Å²) in [5.41, 5.74) is 2.34. The highest BCUT2D eigenvalue weighted by molar-refractivity contribution is 7.99. The summed E-state index contributed by atoms with van der Waals surface area (Å²) in [4.78, 5) is 32.2. The maximum Gasteiger partial charge on any atom is 0.267 e. The first-order valence-corrected chi connectivity index (χ1v) is 12.7. The Bertz CT molecular complexity index is 1420. The van der Waals surface area contributed by atoms with Crippen molar-refractivity contribution in [3.8, 4) is 17.2 Å². The number of thiophene rings is 1. The first kappa shape index (κ1) is 20.5. The summed E-state index contributed by atoms with van der Waals surface area (Å²) in [7, 11) is 0. The fraction of sp³-hybridized carbons (Fsp3) is 0.240. The Morgan fingerprint density at radius 2 is 1.88 bits per heavy atom. The number of rotatable bonds is 6. The Labute approximate surface area is 198 Å². The lowest BCUT2D eigenvalue weighted by Gasteiger charge is -2.18. The van der Waals surface area contributed by atoms with Crippen molar-refractivity contribution in [3.05, 3.63) is 75.4 Å². The average Bonchev–Trinajstić information content (AvgIpc) is 3.61. The van der Waals surface area contributed by atoms with Gasteiger partial charge in [-0.2, -0.15) is 0 Å². The van der Waals surface area contributed by atoms with Crippen molar-refractivity contribution in [1.82, 2.24) is 9.55 Å². The Balaban J connectivity index is 1.36. The highest BCUT2D eigenvalue weighted by Crippen LogP contribution is 2.44. The van der Waals surface area contributed by atoms with Gasteiger partial charge < -0.3 is 9.47 Å². The van der Waals surface area contributed by atoms with Crippen LogP contribution >= 0.6 is 23.1 Å². The topological polar surface area (TPSA) is 70.4 Å². The van der Waals surface area contributed by atoms with Crippen LogP contribution in [0.2, 0.25) is 0 Å². The molecule has 3 heterocycles. The molecular formula is C25H20N2O4S2. The van der Waals surface area contributed by atoms with Crippen molar-refractivity contribution in [1.29, 1.82) is 0 Å². The Morgan fingerprint density at radius 3 is 2.67 bits per heavy atom. The number of benzene rings is 2. The number of carbonyl (C=O) groups excluding carboxylic acids is 1. The second kappa shape index (κ2) is 8.35. The van der Waals surface area contributed by atoms with Gasteiger partial charge in [0.05, 0.1) is 16.8 Å². The van der Waals surface area contributed by atoms with Crippen LogP contribution in [0.15, 0.2) is 63.9 Å². The third kappa shape index (κ3) is 3.83. The van der Waals surface area contributed by atoms with E-state index in [1.165, 1.54) is 23.1 Å². The van der Waals surface area contributed by atoms with Gasteiger partial charge in [0, 0.05) is 5.56 Å². The smallest absolute Gasteiger partial charge is 0.267 e. The third-order valence-corrected chi connectivity index (χ3v) is 7.66. The molecule has 2 aromatic heterocycles. The zero-order chi connectivity index (χ0) is 22.4. The predicted molar refractivity (Wildman–Crippen MR) is 130 cm³/mol. The molecule has 0 bridgehead atoms. The number of carbonyl (C=O) groups is 1. The van der Waals surface area contributed by atoms with Gasteiger partial charge in [-0.3, -0.25) is 14.2 Å². The van der Waals surface area contributed by atoms with Crippen molar-refractivity contribution in [2.75, 3.05) is 19.0 Å². The molecule has 0 spiro atoms. The van der Waals surface area contributed by atoms with Crippen molar-refractivity contribution in [3.63, 3.8) is 0 Å². The van der Waals surface area contributed by atoms with E-state index in [9.17, 15) is 9.59 Å². The van der Waals surface area contributed by atoms with E-state index in [0.717, 1.165) is 28.9 Å². The van der Waals surface area contributed by atoms with Gasteiger partial charge in [-0.15, -0.1) is 11.3 Å². The third-order valence-electron chi connectivity index (χ3n) is 5.83. The highest BCUT2D eigenvalue weighted by Gasteiger charge is 2.29. The summed E-state index contributed by atoms with van der Waals surface area (Å²) in [6, 6.07) is 14.7. The molecule has 0 unspecified atom stereocenters. The summed E-state index contributed by atoms with van der Waals surface area (Å²) in [5, 5.41) is 3.31. The number of thioether (sulfide) groups is 1. The molecule has 1 aliphatic carbocycles. The van der Waals surface area contributed by atoms with Gasteiger partial charge in [0.2, 0.25) is 0 Å². The molecule has 1 fully saturated rings. The Morgan fingerprint density at radius 1 is 1.09 bits per heavy atom. The largest absolute Gasteiger partial charge is 0.486 e. The molecule has 0 amide bonds. The standard InChI is InChI=1S/C25H20N2O4S2/c28-19(16-8-9-20-21(12-16)31-11-10-30-20)14-33-25-26-23-22(18(13-32-23)15-6-7-15)24(29)27(25)17-4-2-1-3-5-17/h1-5,8-9,12-13,15H,6-7,10-11,14H2. The van der Waals surface area contributed by atoms with Gasteiger partial charge in [-0.05, 0) is 60.0 Å². The molecule has 6 nitrogen and oxygen atoms in total. The van der Waals surface area contributed by atoms with E-state index in [1.807, 2.05) is 30.3 Å². The fourth-order valence-corrected chi connectivity index (χ4v) is 5.99. The van der Waals surface area contributed by atoms with Crippen LogP contribution in [0.4, 0.5) is 0 Å². The number of hydrogen-bond acceptors (Lipinski definition) is 7. The first-order valence-electron chi connectivity index (χ1n) is 10.8. The lowest BCUT2D eigenvalue weighted by molar-refractivity contribution is 0.102. The van der Waals surface area contributed by atoms with E-state index in [2.05, 4.69) is 5.38 Å². The minimum atomic E-state index is -0.0661. The molecule has 4 aromatic rings. The second-order valence-electron chi connectivity index (χ2n) is 8.09. The van der Waals surface area contributed by atoms with Crippen LogP contribution in [0.5, 0.6) is 11.5 Å². The van der Waals surface area contributed by atoms with Gasteiger partial charge >= 0.3 is 0 Å².